The van der Waals surface area contributed by atoms with E-state index < -0.39 is 5.60 Å². The highest BCUT2D eigenvalue weighted by Gasteiger charge is 2.29. The van der Waals surface area contributed by atoms with Gasteiger partial charge in [0.15, 0.2) is 0 Å². The first-order valence-corrected chi connectivity index (χ1v) is 6.93. The van der Waals surface area contributed by atoms with Crippen molar-refractivity contribution in [2.24, 2.45) is 0 Å². The Morgan fingerprint density at radius 1 is 1.05 bits per heavy atom. The summed E-state index contributed by atoms with van der Waals surface area (Å²) in [5.41, 5.74) is 0.991. The van der Waals surface area contributed by atoms with Gasteiger partial charge in [-0.1, -0.05) is 36.4 Å². The first-order chi connectivity index (χ1) is 9.60. The van der Waals surface area contributed by atoms with E-state index in [2.05, 4.69) is 9.88 Å². The Hall–Kier alpha value is -1.71. The van der Waals surface area contributed by atoms with E-state index in [0.717, 1.165) is 17.8 Å². The average molecular weight is 270 g/mol. The maximum Gasteiger partial charge on any atom is 0.0963 e. The standard InChI is InChI=1S/C17H22N2O/c1-19(2)13-11-17(20,15-8-4-3-5-9-15)14-16-10-6-7-12-18-16/h3-10,12,20H,11,13-14H2,1-2H3. The molecule has 2 rings (SSSR count). The van der Waals surface area contributed by atoms with Gasteiger partial charge in [-0.3, -0.25) is 4.98 Å². The predicted octanol–water partition coefficient (Wildman–Crippen LogP) is 2.46. The van der Waals surface area contributed by atoms with E-state index in [1.807, 2.05) is 62.6 Å². The molecular formula is C17H22N2O. The second-order valence-corrected chi connectivity index (χ2v) is 5.45. The zero-order chi connectivity index (χ0) is 14.4. The van der Waals surface area contributed by atoms with Gasteiger partial charge in [0.05, 0.1) is 5.60 Å². The van der Waals surface area contributed by atoms with Crippen molar-refractivity contribution in [3.63, 3.8) is 0 Å². The summed E-state index contributed by atoms with van der Waals surface area (Å²) in [6.45, 7) is 0.832. The molecule has 0 saturated carbocycles. The molecule has 0 spiro atoms. The summed E-state index contributed by atoms with van der Waals surface area (Å²) in [6.07, 6.45) is 2.99. The number of pyridine rings is 1. The van der Waals surface area contributed by atoms with Crippen LogP contribution >= 0.6 is 0 Å². The van der Waals surface area contributed by atoms with Gasteiger partial charge in [-0.15, -0.1) is 0 Å². The van der Waals surface area contributed by atoms with Crippen molar-refractivity contribution in [3.8, 4) is 0 Å². The van der Waals surface area contributed by atoms with Crippen LogP contribution in [-0.2, 0) is 12.0 Å². The molecule has 3 nitrogen and oxygen atoms in total. The normalized spacial score (nSPS) is 14.2. The van der Waals surface area contributed by atoms with Gasteiger partial charge < -0.3 is 10.0 Å². The fraction of sp³-hybridized carbons (Fsp3) is 0.353. The summed E-state index contributed by atoms with van der Waals surface area (Å²) in [4.78, 5) is 6.43. The van der Waals surface area contributed by atoms with E-state index in [1.54, 1.807) is 6.20 Å². The highest BCUT2D eigenvalue weighted by molar-refractivity contribution is 5.24. The summed E-state index contributed by atoms with van der Waals surface area (Å²) >= 11 is 0. The lowest BCUT2D eigenvalue weighted by molar-refractivity contribution is 0.0203. The van der Waals surface area contributed by atoms with Gasteiger partial charge in [0.2, 0.25) is 0 Å². The van der Waals surface area contributed by atoms with Crippen LogP contribution in [0.4, 0.5) is 0 Å². The highest BCUT2D eigenvalue weighted by Crippen LogP contribution is 2.28. The lowest BCUT2D eigenvalue weighted by Crippen LogP contribution is -2.33. The molecular weight excluding hydrogens is 248 g/mol. The molecule has 0 aliphatic carbocycles. The Labute approximate surface area is 120 Å². The van der Waals surface area contributed by atoms with Crippen molar-refractivity contribution in [2.75, 3.05) is 20.6 Å². The van der Waals surface area contributed by atoms with Crippen molar-refractivity contribution < 1.29 is 5.11 Å². The fourth-order valence-corrected chi connectivity index (χ4v) is 2.29. The Balaban J connectivity index is 2.24. The van der Waals surface area contributed by atoms with E-state index in [4.69, 9.17) is 0 Å². The number of hydrogen-bond donors (Lipinski definition) is 1. The molecule has 1 aromatic heterocycles. The van der Waals surface area contributed by atoms with Crippen molar-refractivity contribution in [3.05, 3.63) is 66.0 Å². The lowest BCUT2D eigenvalue weighted by atomic mass is 9.85. The first kappa shape index (κ1) is 14.7. The number of rotatable bonds is 6. The summed E-state index contributed by atoms with van der Waals surface area (Å²) in [7, 11) is 4.04. The Morgan fingerprint density at radius 3 is 2.35 bits per heavy atom. The van der Waals surface area contributed by atoms with Gasteiger partial charge in [-0.25, -0.2) is 0 Å². The summed E-state index contributed by atoms with van der Waals surface area (Å²) in [6, 6.07) is 15.7. The molecule has 1 atom stereocenters. The van der Waals surface area contributed by atoms with Crippen molar-refractivity contribution in [1.82, 2.24) is 9.88 Å². The maximum absolute atomic E-state index is 11.1. The fourth-order valence-electron chi connectivity index (χ4n) is 2.29. The van der Waals surface area contributed by atoms with E-state index in [-0.39, 0.29) is 0 Å². The third-order valence-electron chi connectivity index (χ3n) is 3.48. The average Bonchev–Trinajstić information content (AvgIpc) is 2.47. The van der Waals surface area contributed by atoms with Crippen LogP contribution in [0.15, 0.2) is 54.7 Å². The molecule has 0 saturated heterocycles. The van der Waals surface area contributed by atoms with Gasteiger partial charge in [0, 0.05) is 24.9 Å². The molecule has 0 radical (unpaired) electrons. The third kappa shape index (κ3) is 3.89. The van der Waals surface area contributed by atoms with Crippen LogP contribution in [0.2, 0.25) is 0 Å². The summed E-state index contributed by atoms with van der Waals surface area (Å²) in [5.74, 6) is 0. The molecule has 1 unspecified atom stereocenters. The van der Waals surface area contributed by atoms with Gasteiger partial charge in [-0.05, 0) is 38.2 Å². The van der Waals surface area contributed by atoms with Gasteiger partial charge in [0.1, 0.15) is 0 Å². The number of aliphatic hydroxyl groups is 1. The van der Waals surface area contributed by atoms with Gasteiger partial charge in [-0.2, -0.15) is 0 Å². The van der Waals surface area contributed by atoms with E-state index in [1.165, 1.54) is 0 Å². The third-order valence-corrected chi connectivity index (χ3v) is 3.48. The predicted molar refractivity (Wildman–Crippen MR) is 81.5 cm³/mol. The van der Waals surface area contributed by atoms with Crippen LogP contribution in [0.25, 0.3) is 0 Å². The van der Waals surface area contributed by atoms with Crippen LogP contribution < -0.4 is 0 Å². The molecule has 0 amide bonds. The lowest BCUT2D eigenvalue weighted by Gasteiger charge is -2.30. The van der Waals surface area contributed by atoms with Crippen LogP contribution in [0, 0.1) is 0 Å². The molecule has 2 aromatic rings. The van der Waals surface area contributed by atoms with E-state index in [9.17, 15) is 5.11 Å². The Morgan fingerprint density at radius 2 is 1.75 bits per heavy atom. The largest absolute Gasteiger partial charge is 0.385 e. The van der Waals surface area contributed by atoms with Crippen molar-refractivity contribution in [2.45, 2.75) is 18.4 Å². The van der Waals surface area contributed by atoms with Crippen LogP contribution in [0.3, 0.4) is 0 Å². The quantitative estimate of drug-likeness (QED) is 0.876. The molecule has 1 heterocycles. The van der Waals surface area contributed by atoms with Crippen LogP contribution in [0.1, 0.15) is 17.7 Å². The van der Waals surface area contributed by atoms with Crippen LogP contribution in [0.5, 0.6) is 0 Å². The zero-order valence-corrected chi connectivity index (χ0v) is 12.2. The Kier molecular flexibility index (Phi) is 4.88. The van der Waals surface area contributed by atoms with Crippen LogP contribution in [-0.4, -0.2) is 35.6 Å². The van der Waals surface area contributed by atoms with E-state index >= 15 is 0 Å². The molecule has 20 heavy (non-hydrogen) atoms. The first-order valence-electron chi connectivity index (χ1n) is 6.93. The summed E-state index contributed by atoms with van der Waals surface area (Å²) < 4.78 is 0. The zero-order valence-electron chi connectivity index (χ0n) is 12.2. The molecule has 1 N–H and O–H groups in total. The SMILES string of the molecule is CN(C)CCC(O)(Cc1ccccn1)c1ccccc1. The molecule has 1 aromatic carbocycles. The number of nitrogens with zero attached hydrogens (tertiary/aromatic N) is 2. The topological polar surface area (TPSA) is 36.4 Å². The molecule has 0 aliphatic rings. The molecule has 0 aliphatic heterocycles. The summed E-state index contributed by atoms with van der Waals surface area (Å²) in [5, 5.41) is 11.1. The van der Waals surface area contributed by atoms with Gasteiger partial charge in [0.25, 0.3) is 0 Å². The van der Waals surface area contributed by atoms with E-state index in [0.29, 0.717) is 12.8 Å². The molecule has 3 heteroatoms. The second kappa shape index (κ2) is 6.64. The molecule has 0 fully saturated rings. The highest BCUT2D eigenvalue weighted by atomic mass is 16.3. The minimum absolute atomic E-state index is 0.533. The second-order valence-electron chi connectivity index (χ2n) is 5.45. The smallest absolute Gasteiger partial charge is 0.0963 e. The monoisotopic (exact) mass is 270 g/mol. The van der Waals surface area contributed by atoms with Gasteiger partial charge >= 0.3 is 0 Å². The maximum atomic E-state index is 11.1. The minimum Gasteiger partial charge on any atom is -0.385 e. The Bertz CT molecular complexity index is 513. The molecule has 0 bridgehead atoms. The van der Waals surface area contributed by atoms with Crippen molar-refractivity contribution >= 4 is 0 Å². The van der Waals surface area contributed by atoms with Crippen molar-refractivity contribution in [1.29, 1.82) is 0 Å². The number of hydrogen-bond acceptors (Lipinski definition) is 3. The molecule has 106 valence electrons. The minimum atomic E-state index is -0.875. The number of aromatic nitrogens is 1. The number of benzene rings is 1.